The van der Waals surface area contributed by atoms with Crippen molar-refractivity contribution in [2.75, 3.05) is 18.5 Å². The van der Waals surface area contributed by atoms with Crippen LogP contribution in [-0.2, 0) is 6.42 Å². The maximum absolute atomic E-state index is 10.8. The average Bonchev–Trinajstić information content (AvgIpc) is 2.89. The molecule has 0 aromatic carbocycles. The number of likely N-dealkylation sites (N-methyl/N-ethyl adjacent to an activating group) is 1. The van der Waals surface area contributed by atoms with Gasteiger partial charge in [0, 0.05) is 24.7 Å². The fourth-order valence-corrected chi connectivity index (χ4v) is 2.18. The minimum Gasteiger partial charge on any atom is -0.477 e. The second kappa shape index (κ2) is 5.59. The number of carboxylic acid groups (broad SMARTS) is 1. The van der Waals surface area contributed by atoms with Crippen molar-refractivity contribution in [1.29, 1.82) is 0 Å². The first kappa shape index (κ1) is 12.5. The number of anilines is 1. The molecule has 0 unspecified atom stereocenters. The van der Waals surface area contributed by atoms with Crippen LogP contribution in [0.1, 0.15) is 15.4 Å². The summed E-state index contributed by atoms with van der Waals surface area (Å²) in [6.45, 7) is 0.754. The van der Waals surface area contributed by atoms with Gasteiger partial charge < -0.3 is 10.0 Å². The van der Waals surface area contributed by atoms with Crippen LogP contribution < -0.4 is 4.90 Å². The lowest BCUT2D eigenvalue weighted by Gasteiger charge is -2.16. The largest absolute Gasteiger partial charge is 0.477 e. The molecule has 0 saturated heterocycles. The number of aromatic carboxylic acids is 1. The Bertz CT molecular complexity index is 528. The molecular formula is C12H13N3O2S. The molecule has 0 atom stereocenters. The van der Waals surface area contributed by atoms with Gasteiger partial charge in [-0.2, -0.15) is 0 Å². The van der Waals surface area contributed by atoms with E-state index in [1.807, 2.05) is 23.4 Å². The van der Waals surface area contributed by atoms with Crippen molar-refractivity contribution in [1.82, 2.24) is 9.97 Å². The van der Waals surface area contributed by atoms with Crippen molar-refractivity contribution < 1.29 is 9.90 Å². The molecule has 5 nitrogen and oxygen atoms in total. The van der Waals surface area contributed by atoms with E-state index in [0.717, 1.165) is 13.0 Å². The highest BCUT2D eigenvalue weighted by atomic mass is 32.1. The highest BCUT2D eigenvalue weighted by Crippen LogP contribution is 2.11. The number of hydrogen-bond donors (Lipinski definition) is 1. The summed E-state index contributed by atoms with van der Waals surface area (Å²) in [7, 11) is 1.86. The summed E-state index contributed by atoms with van der Waals surface area (Å²) in [5, 5.41) is 10.9. The van der Waals surface area contributed by atoms with Crippen LogP contribution in [0.4, 0.5) is 5.95 Å². The summed E-state index contributed by atoms with van der Waals surface area (Å²) in [5.41, 5.74) is 0.0166. The quantitative estimate of drug-likeness (QED) is 0.892. The highest BCUT2D eigenvalue weighted by molar-refractivity contribution is 7.09. The Morgan fingerprint density at radius 3 is 3.00 bits per heavy atom. The number of thiophene rings is 1. The molecule has 0 aliphatic rings. The Kier molecular flexibility index (Phi) is 3.88. The smallest absolute Gasteiger partial charge is 0.354 e. The summed E-state index contributed by atoms with van der Waals surface area (Å²) < 4.78 is 0. The molecule has 2 aromatic heterocycles. The van der Waals surface area contributed by atoms with Crippen LogP contribution in [0, 0.1) is 0 Å². The summed E-state index contributed by atoms with van der Waals surface area (Å²) in [5.74, 6) is -0.600. The van der Waals surface area contributed by atoms with Crippen LogP contribution in [0.25, 0.3) is 0 Å². The van der Waals surface area contributed by atoms with Crippen molar-refractivity contribution >= 4 is 23.3 Å². The van der Waals surface area contributed by atoms with Crippen LogP contribution in [0.3, 0.4) is 0 Å². The monoisotopic (exact) mass is 263 g/mol. The number of rotatable bonds is 5. The van der Waals surface area contributed by atoms with Crippen molar-refractivity contribution in [2.24, 2.45) is 0 Å². The van der Waals surface area contributed by atoms with Gasteiger partial charge in [-0.1, -0.05) is 6.07 Å². The van der Waals surface area contributed by atoms with Crippen LogP contribution in [0.5, 0.6) is 0 Å². The van der Waals surface area contributed by atoms with Crippen molar-refractivity contribution in [3.05, 3.63) is 40.3 Å². The lowest BCUT2D eigenvalue weighted by molar-refractivity contribution is 0.0690. The fraction of sp³-hybridized carbons (Fsp3) is 0.250. The average molecular weight is 263 g/mol. The maximum atomic E-state index is 10.8. The van der Waals surface area contributed by atoms with Crippen LogP contribution in [-0.4, -0.2) is 34.6 Å². The number of aromatic nitrogens is 2. The van der Waals surface area contributed by atoms with Gasteiger partial charge in [0.15, 0.2) is 5.69 Å². The van der Waals surface area contributed by atoms with Crippen molar-refractivity contribution in [3.63, 3.8) is 0 Å². The standard InChI is InChI=1S/C12H13N3O2S/c1-15(7-5-9-3-2-8-18-9)12-13-6-4-10(14-12)11(16)17/h2-4,6,8H,5,7H2,1H3,(H,16,17). The normalized spacial score (nSPS) is 10.3. The van der Waals surface area contributed by atoms with E-state index in [9.17, 15) is 4.79 Å². The first-order valence-corrected chi connectivity index (χ1v) is 6.34. The van der Waals surface area contributed by atoms with Crippen LogP contribution in [0.15, 0.2) is 29.8 Å². The van der Waals surface area contributed by atoms with Gasteiger partial charge >= 0.3 is 5.97 Å². The number of nitrogens with zero attached hydrogens (tertiary/aromatic N) is 3. The molecule has 1 N–H and O–H groups in total. The Morgan fingerprint density at radius 1 is 1.50 bits per heavy atom. The molecule has 0 aliphatic heterocycles. The number of carbonyl (C=O) groups is 1. The molecule has 0 radical (unpaired) electrons. The number of hydrogen-bond acceptors (Lipinski definition) is 5. The first-order chi connectivity index (χ1) is 8.66. The Balaban J connectivity index is 2.02. The van der Waals surface area contributed by atoms with Gasteiger partial charge in [-0.3, -0.25) is 0 Å². The minimum absolute atomic E-state index is 0.0166. The van der Waals surface area contributed by atoms with Crippen molar-refractivity contribution in [2.45, 2.75) is 6.42 Å². The molecule has 0 spiro atoms. The van der Waals surface area contributed by atoms with Gasteiger partial charge in [-0.25, -0.2) is 14.8 Å². The molecule has 0 bridgehead atoms. The fourth-order valence-electron chi connectivity index (χ4n) is 1.48. The van der Waals surface area contributed by atoms with Gasteiger partial charge in [0.2, 0.25) is 5.95 Å². The molecule has 2 aromatic rings. The molecule has 0 aliphatic carbocycles. The van der Waals surface area contributed by atoms with Gasteiger partial charge in [0.25, 0.3) is 0 Å². The second-order valence-electron chi connectivity index (χ2n) is 3.80. The lowest BCUT2D eigenvalue weighted by Crippen LogP contribution is -2.23. The van der Waals surface area contributed by atoms with Crippen molar-refractivity contribution in [3.8, 4) is 0 Å². The summed E-state index contributed by atoms with van der Waals surface area (Å²) in [6, 6.07) is 5.48. The van der Waals surface area contributed by atoms with Gasteiger partial charge in [-0.15, -0.1) is 11.3 Å². The van der Waals surface area contributed by atoms with Gasteiger partial charge in [0.1, 0.15) is 0 Å². The zero-order chi connectivity index (χ0) is 13.0. The van der Waals surface area contributed by atoms with E-state index < -0.39 is 5.97 Å². The lowest BCUT2D eigenvalue weighted by atomic mass is 10.3. The minimum atomic E-state index is -1.04. The van der Waals surface area contributed by atoms with Crippen LogP contribution >= 0.6 is 11.3 Å². The molecule has 18 heavy (non-hydrogen) atoms. The van der Waals surface area contributed by atoms with E-state index in [2.05, 4.69) is 16.0 Å². The Labute approximate surface area is 109 Å². The second-order valence-corrected chi connectivity index (χ2v) is 4.83. The third-order valence-electron chi connectivity index (χ3n) is 2.48. The summed E-state index contributed by atoms with van der Waals surface area (Å²) >= 11 is 1.71. The SMILES string of the molecule is CN(CCc1cccs1)c1nccc(C(=O)O)n1. The topological polar surface area (TPSA) is 66.3 Å². The first-order valence-electron chi connectivity index (χ1n) is 5.46. The van der Waals surface area contributed by atoms with E-state index >= 15 is 0 Å². The molecule has 94 valence electrons. The zero-order valence-electron chi connectivity index (χ0n) is 9.91. The predicted molar refractivity (Wildman–Crippen MR) is 70.3 cm³/mol. The molecule has 2 heterocycles. The molecule has 0 amide bonds. The zero-order valence-corrected chi connectivity index (χ0v) is 10.7. The summed E-state index contributed by atoms with van der Waals surface area (Å²) in [6.07, 6.45) is 2.36. The van der Waals surface area contributed by atoms with E-state index in [0.29, 0.717) is 5.95 Å². The van der Waals surface area contributed by atoms with E-state index in [1.54, 1.807) is 11.3 Å². The molecule has 0 saturated carbocycles. The third-order valence-corrected chi connectivity index (χ3v) is 3.41. The predicted octanol–water partition coefficient (Wildman–Crippen LogP) is 1.92. The molecule has 0 fully saturated rings. The van der Waals surface area contributed by atoms with E-state index in [4.69, 9.17) is 5.11 Å². The Morgan fingerprint density at radius 2 is 2.33 bits per heavy atom. The van der Waals surface area contributed by atoms with E-state index in [1.165, 1.54) is 17.1 Å². The highest BCUT2D eigenvalue weighted by Gasteiger charge is 2.09. The van der Waals surface area contributed by atoms with Gasteiger partial charge in [-0.05, 0) is 23.9 Å². The number of carboxylic acids is 1. The third kappa shape index (κ3) is 3.04. The molecule has 6 heteroatoms. The van der Waals surface area contributed by atoms with E-state index in [-0.39, 0.29) is 5.69 Å². The summed E-state index contributed by atoms with van der Waals surface area (Å²) in [4.78, 5) is 22.0. The molecule has 2 rings (SSSR count). The maximum Gasteiger partial charge on any atom is 0.354 e. The molecular weight excluding hydrogens is 250 g/mol. The van der Waals surface area contributed by atoms with Crippen LogP contribution in [0.2, 0.25) is 0 Å². The Hall–Kier alpha value is -1.95. The van der Waals surface area contributed by atoms with Gasteiger partial charge in [0.05, 0.1) is 0 Å².